The van der Waals surface area contributed by atoms with Crippen LogP contribution in [0.25, 0.3) is 0 Å². The van der Waals surface area contributed by atoms with Crippen LogP contribution in [-0.2, 0) is 9.59 Å². The SMILES string of the molecule is O=C(Nc1ccc(Br)cc1Br)C1CC(=O)N(c2ccc(F)cc2)C1. The molecular formula is C17H13Br2FN2O2. The fourth-order valence-corrected chi connectivity index (χ4v) is 3.73. The van der Waals surface area contributed by atoms with Crippen LogP contribution in [0.4, 0.5) is 15.8 Å². The molecule has 0 saturated carbocycles. The molecule has 2 aromatic carbocycles. The summed E-state index contributed by atoms with van der Waals surface area (Å²) < 4.78 is 14.7. The lowest BCUT2D eigenvalue weighted by molar-refractivity contribution is -0.122. The van der Waals surface area contributed by atoms with Crippen molar-refractivity contribution in [3.63, 3.8) is 0 Å². The van der Waals surface area contributed by atoms with Crippen molar-refractivity contribution in [2.24, 2.45) is 5.92 Å². The highest BCUT2D eigenvalue weighted by molar-refractivity contribution is 9.11. The highest BCUT2D eigenvalue weighted by Gasteiger charge is 2.35. The molecule has 1 saturated heterocycles. The minimum absolute atomic E-state index is 0.136. The standard InChI is InChI=1S/C17H13Br2FN2O2/c18-11-1-6-15(14(19)8-11)21-17(24)10-7-16(23)22(9-10)13-4-2-12(20)3-5-13/h1-6,8,10H,7,9H2,(H,21,24). The summed E-state index contributed by atoms with van der Waals surface area (Å²) in [7, 11) is 0. The van der Waals surface area contributed by atoms with E-state index in [9.17, 15) is 14.0 Å². The Morgan fingerprint density at radius 2 is 1.88 bits per heavy atom. The van der Waals surface area contributed by atoms with Gasteiger partial charge in [-0.3, -0.25) is 9.59 Å². The van der Waals surface area contributed by atoms with E-state index in [1.165, 1.54) is 17.0 Å². The van der Waals surface area contributed by atoms with Crippen molar-refractivity contribution < 1.29 is 14.0 Å². The molecule has 1 atom stereocenters. The molecule has 1 N–H and O–H groups in total. The van der Waals surface area contributed by atoms with Crippen molar-refractivity contribution in [3.05, 3.63) is 57.2 Å². The molecule has 1 unspecified atom stereocenters. The molecule has 1 aliphatic heterocycles. The molecule has 2 aromatic rings. The zero-order valence-electron chi connectivity index (χ0n) is 12.4. The maximum Gasteiger partial charge on any atom is 0.229 e. The average Bonchev–Trinajstić information content (AvgIpc) is 2.93. The Morgan fingerprint density at radius 1 is 1.17 bits per heavy atom. The van der Waals surface area contributed by atoms with Crippen molar-refractivity contribution >= 4 is 55.0 Å². The first-order valence-corrected chi connectivity index (χ1v) is 8.84. The van der Waals surface area contributed by atoms with E-state index in [2.05, 4.69) is 37.2 Å². The molecule has 7 heteroatoms. The number of hydrogen-bond acceptors (Lipinski definition) is 2. The van der Waals surface area contributed by atoms with Crippen LogP contribution in [0.1, 0.15) is 6.42 Å². The fraction of sp³-hybridized carbons (Fsp3) is 0.176. The Bertz CT molecular complexity index is 796. The Kier molecular flexibility index (Phi) is 5.01. The van der Waals surface area contributed by atoms with E-state index in [-0.39, 0.29) is 30.6 Å². The number of carbonyl (C=O) groups excluding carboxylic acids is 2. The van der Waals surface area contributed by atoms with Gasteiger partial charge >= 0.3 is 0 Å². The van der Waals surface area contributed by atoms with Gasteiger partial charge in [-0.1, -0.05) is 15.9 Å². The molecule has 3 rings (SSSR count). The number of halogens is 3. The van der Waals surface area contributed by atoms with Gasteiger partial charge in [-0.2, -0.15) is 0 Å². The zero-order chi connectivity index (χ0) is 17.3. The minimum Gasteiger partial charge on any atom is -0.325 e. The highest BCUT2D eigenvalue weighted by Crippen LogP contribution is 2.29. The number of nitrogens with one attached hydrogen (secondary N) is 1. The number of amides is 2. The highest BCUT2D eigenvalue weighted by atomic mass is 79.9. The van der Waals surface area contributed by atoms with Gasteiger partial charge in [0.15, 0.2) is 0 Å². The summed E-state index contributed by atoms with van der Waals surface area (Å²) in [5.74, 6) is -1.16. The van der Waals surface area contributed by atoms with Crippen molar-refractivity contribution in [2.45, 2.75) is 6.42 Å². The van der Waals surface area contributed by atoms with E-state index in [4.69, 9.17) is 0 Å². The molecule has 0 spiro atoms. The Hall–Kier alpha value is -1.73. The minimum atomic E-state index is -0.446. The molecule has 24 heavy (non-hydrogen) atoms. The zero-order valence-corrected chi connectivity index (χ0v) is 15.6. The van der Waals surface area contributed by atoms with Gasteiger partial charge in [-0.05, 0) is 58.4 Å². The molecule has 124 valence electrons. The molecule has 0 aliphatic carbocycles. The van der Waals surface area contributed by atoms with Crippen LogP contribution in [0.15, 0.2) is 51.4 Å². The molecule has 1 aliphatic rings. The molecule has 0 aromatic heterocycles. The van der Waals surface area contributed by atoms with Crippen LogP contribution >= 0.6 is 31.9 Å². The lowest BCUT2D eigenvalue weighted by Gasteiger charge is -2.17. The summed E-state index contributed by atoms with van der Waals surface area (Å²) in [6, 6.07) is 11.1. The number of nitrogens with zero attached hydrogens (tertiary/aromatic N) is 1. The number of hydrogen-bond donors (Lipinski definition) is 1. The predicted molar refractivity (Wildman–Crippen MR) is 97.3 cm³/mol. The third kappa shape index (κ3) is 3.67. The summed E-state index contributed by atoms with van der Waals surface area (Å²) >= 11 is 6.75. The maximum atomic E-state index is 13.0. The molecular weight excluding hydrogens is 443 g/mol. The summed E-state index contributed by atoms with van der Waals surface area (Å²) in [6.45, 7) is 0.282. The van der Waals surface area contributed by atoms with E-state index in [1.807, 2.05) is 12.1 Å². The van der Waals surface area contributed by atoms with E-state index in [1.54, 1.807) is 18.2 Å². The first-order chi connectivity index (χ1) is 11.4. The topological polar surface area (TPSA) is 49.4 Å². The van der Waals surface area contributed by atoms with E-state index < -0.39 is 5.92 Å². The Morgan fingerprint density at radius 3 is 2.54 bits per heavy atom. The lowest BCUT2D eigenvalue weighted by Crippen LogP contribution is -2.28. The summed E-state index contributed by atoms with van der Waals surface area (Å²) in [5.41, 5.74) is 1.25. The monoisotopic (exact) mass is 454 g/mol. The number of rotatable bonds is 3. The Balaban J connectivity index is 1.70. The maximum absolute atomic E-state index is 13.0. The number of carbonyl (C=O) groups is 2. The second kappa shape index (κ2) is 7.03. The molecule has 0 bridgehead atoms. The quantitative estimate of drug-likeness (QED) is 0.748. The van der Waals surface area contributed by atoms with Gasteiger partial charge in [0, 0.05) is 27.6 Å². The van der Waals surface area contributed by atoms with Crippen LogP contribution in [0, 0.1) is 11.7 Å². The van der Waals surface area contributed by atoms with Gasteiger partial charge in [0.2, 0.25) is 11.8 Å². The van der Waals surface area contributed by atoms with Crippen LogP contribution in [0.5, 0.6) is 0 Å². The molecule has 2 amide bonds. The molecule has 0 radical (unpaired) electrons. The van der Waals surface area contributed by atoms with Gasteiger partial charge in [-0.25, -0.2) is 4.39 Å². The van der Waals surface area contributed by atoms with Crippen molar-refractivity contribution in [2.75, 3.05) is 16.8 Å². The summed E-state index contributed by atoms with van der Waals surface area (Å²) in [4.78, 5) is 26.1. The van der Waals surface area contributed by atoms with Crippen molar-refractivity contribution in [1.29, 1.82) is 0 Å². The van der Waals surface area contributed by atoms with Gasteiger partial charge in [0.25, 0.3) is 0 Å². The third-order valence-corrected chi connectivity index (χ3v) is 4.97. The Labute approximate surface area is 155 Å². The van der Waals surface area contributed by atoms with Crippen molar-refractivity contribution in [3.8, 4) is 0 Å². The lowest BCUT2D eigenvalue weighted by atomic mass is 10.1. The van der Waals surface area contributed by atoms with Crippen LogP contribution in [-0.4, -0.2) is 18.4 Å². The fourth-order valence-electron chi connectivity index (χ4n) is 2.58. The number of benzene rings is 2. The summed E-state index contributed by atoms with van der Waals surface area (Å²) in [6.07, 6.45) is 0.136. The normalized spacial score (nSPS) is 17.2. The second-order valence-corrected chi connectivity index (χ2v) is 7.27. The van der Waals surface area contributed by atoms with Crippen molar-refractivity contribution in [1.82, 2.24) is 0 Å². The summed E-state index contributed by atoms with van der Waals surface area (Å²) in [5, 5.41) is 2.84. The molecule has 4 nitrogen and oxygen atoms in total. The van der Waals surface area contributed by atoms with Gasteiger partial charge < -0.3 is 10.2 Å². The molecule has 1 fully saturated rings. The first kappa shape index (κ1) is 17.1. The van der Waals surface area contributed by atoms with Crippen LogP contribution in [0.3, 0.4) is 0 Å². The smallest absolute Gasteiger partial charge is 0.229 e. The third-order valence-electron chi connectivity index (χ3n) is 3.82. The van der Waals surface area contributed by atoms with E-state index in [0.29, 0.717) is 11.4 Å². The predicted octanol–water partition coefficient (Wildman–Crippen LogP) is 4.34. The second-order valence-electron chi connectivity index (χ2n) is 5.50. The van der Waals surface area contributed by atoms with Gasteiger partial charge in [-0.15, -0.1) is 0 Å². The number of anilines is 2. The van der Waals surface area contributed by atoms with E-state index in [0.717, 1.165) is 8.95 Å². The van der Waals surface area contributed by atoms with Crippen LogP contribution in [0.2, 0.25) is 0 Å². The average molecular weight is 456 g/mol. The van der Waals surface area contributed by atoms with Crippen LogP contribution < -0.4 is 10.2 Å². The van der Waals surface area contributed by atoms with E-state index >= 15 is 0 Å². The largest absolute Gasteiger partial charge is 0.325 e. The van der Waals surface area contributed by atoms with Gasteiger partial charge in [0.05, 0.1) is 11.6 Å². The first-order valence-electron chi connectivity index (χ1n) is 7.26. The van der Waals surface area contributed by atoms with Gasteiger partial charge in [0.1, 0.15) is 5.82 Å². The molecule has 1 heterocycles.